The molecule has 6 nitrogen and oxygen atoms in total. The number of aromatic nitrogens is 2. The van der Waals surface area contributed by atoms with Gasteiger partial charge in [-0.2, -0.15) is 15.5 Å². The van der Waals surface area contributed by atoms with Gasteiger partial charge in [-0.15, -0.1) is 0 Å². The lowest BCUT2D eigenvalue weighted by Crippen LogP contribution is -2.24. The van der Waals surface area contributed by atoms with Crippen LogP contribution in [-0.4, -0.2) is 18.6 Å². The van der Waals surface area contributed by atoms with Crippen LogP contribution in [-0.2, 0) is 16.6 Å². The van der Waals surface area contributed by atoms with Crippen LogP contribution in [0.1, 0.15) is 11.3 Å². The molecule has 20 heavy (non-hydrogen) atoms. The molecule has 1 N–H and O–H groups in total. The van der Waals surface area contributed by atoms with Crippen LogP contribution in [0.4, 0.5) is 4.39 Å². The quantitative estimate of drug-likeness (QED) is 0.905. The minimum Gasteiger partial charge on any atom is -0.207 e. The predicted molar refractivity (Wildman–Crippen MR) is 67.2 cm³/mol. The summed E-state index contributed by atoms with van der Waals surface area (Å²) in [7, 11) is -3.84. The van der Waals surface area contributed by atoms with E-state index in [4.69, 9.17) is 5.26 Å². The van der Waals surface area contributed by atoms with Crippen molar-refractivity contribution in [2.75, 3.05) is 0 Å². The third kappa shape index (κ3) is 3.14. The van der Waals surface area contributed by atoms with E-state index in [1.807, 2.05) is 0 Å². The molecule has 0 radical (unpaired) electrons. The largest absolute Gasteiger partial charge is 0.240 e. The molecule has 2 aromatic rings. The van der Waals surface area contributed by atoms with Gasteiger partial charge in [0.25, 0.3) is 0 Å². The van der Waals surface area contributed by atoms with Crippen molar-refractivity contribution in [1.82, 2.24) is 14.9 Å². The summed E-state index contributed by atoms with van der Waals surface area (Å²) in [5.41, 5.74) is 0.117. The molecular weight excluding hydrogens is 283 g/mol. The Balaban J connectivity index is 2.21. The van der Waals surface area contributed by atoms with Gasteiger partial charge >= 0.3 is 0 Å². The maximum atomic E-state index is 13.2. The Labute approximate surface area is 114 Å². The van der Waals surface area contributed by atoms with E-state index in [2.05, 4.69) is 14.9 Å². The smallest absolute Gasteiger partial charge is 0.207 e. The van der Waals surface area contributed by atoms with Crippen molar-refractivity contribution in [3.8, 4) is 6.07 Å². The van der Waals surface area contributed by atoms with Crippen LogP contribution >= 0.6 is 0 Å². The maximum Gasteiger partial charge on any atom is 0.240 e. The molecule has 0 aliphatic carbocycles. The normalized spacial score (nSPS) is 11.0. The number of hydrogen-bond acceptors (Lipinski definition) is 5. The number of nitrogens with one attached hydrogen (secondary N) is 1. The van der Waals surface area contributed by atoms with Gasteiger partial charge in [-0.25, -0.2) is 17.5 Å². The van der Waals surface area contributed by atoms with Crippen LogP contribution in [0.5, 0.6) is 0 Å². The van der Waals surface area contributed by atoms with Crippen molar-refractivity contribution >= 4 is 10.0 Å². The van der Waals surface area contributed by atoms with Crippen molar-refractivity contribution in [2.45, 2.75) is 11.4 Å². The van der Waals surface area contributed by atoms with E-state index < -0.39 is 15.8 Å². The third-order valence-corrected chi connectivity index (χ3v) is 3.84. The van der Waals surface area contributed by atoms with Gasteiger partial charge in [0.1, 0.15) is 11.9 Å². The summed E-state index contributed by atoms with van der Waals surface area (Å²) in [6.07, 6.45) is 1.47. The number of halogens is 1. The Morgan fingerprint density at radius 2 is 2.15 bits per heavy atom. The van der Waals surface area contributed by atoms with Gasteiger partial charge in [-0.05, 0) is 30.3 Å². The topological polar surface area (TPSA) is 95.7 Å². The second-order valence-corrected chi connectivity index (χ2v) is 5.56. The van der Waals surface area contributed by atoms with E-state index in [-0.39, 0.29) is 17.0 Å². The summed E-state index contributed by atoms with van der Waals surface area (Å²) in [6, 6.07) is 7.84. The number of nitrogens with zero attached hydrogens (tertiary/aromatic N) is 3. The lowest BCUT2D eigenvalue weighted by atomic mass is 10.2. The van der Waals surface area contributed by atoms with Crippen molar-refractivity contribution in [1.29, 1.82) is 5.26 Å². The molecule has 0 saturated carbocycles. The minimum atomic E-state index is -3.84. The van der Waals surface area contributed by atoms with Gasteiger partial charge in [0.05, 0.1) is 22.7 Å². The van der Waals surface area contributed by atoms with Crippen molar-refractivity contribution < 1.29 is 12.8 Å². The fourth-order valence-electron chi connectivity index (χ4n) is 1.44. The molecule has 0 saturated heterocycles. The lowest BCUT2D eigenvalue weighted by Gasteiger charge is -2.06. The highest BCUT2D eigenvalue weighted by Gasteiger charge is 2.16. The Hall–Kier alpha value is -2.37. The molecule has 0 unspecified atom stereocenters. The molecule has 1 heterocycles. The molecule has 0 atom stereocenters. The zero-order chi connectivity index (χ0) is 14.6. The maximum absolute atomic E-state index is 13.2. The van der Waals surface area contributed by atoms with E-state index in [1.165, 1.54) is 6.20 Å². The fourth-order valence-corrected chi connectivity index (χ4v) is 2.46. The predicted octanol–water partition coefficient (Wildman–Crippen LogP) is 0.966. The molecule has 102 valence electrons. The molecule has 0 spiro atoms. The van der Waals surface area contributed by atoms with Gasteiger partial charge in [0.15, 0.2) is 0 Å². The number of sulfonamides is 1. The monoisotopic (exact) mass is 292 g/mol. The lowest BCUT2D eigenvalue weighted by molar-refractivity contribution is 0.579. The van der Waals surface area contributed by atoms with Crippen LogP contribution in [0, 0.1) is 17.1 Å². The van der Waals surface area contributed by atoms with Gasteiger partial charge in [-0.3, -0.25) is 0 Å². The molecule has 1 aromatic heterocycles. The number of nitriles is 1. The standard InChI is InChI=1S/C12H9FN4O2S/c13-12-4-3-11(6-9(12)7-14)20(18,19)16-8-10-2-1-5-15-17-10/h1-6,16H,8H2. The summed E-state index contributed by atoms with van der Waals surface area (Å²) < 4.78 is 39.4. The van der Waals surface area contributed by atoms with Crippen molar-refractivity contribution in [2.24, 2.45) is 0 Å². The van der Waals surface area contributed by atoms with Crippen molar-refractivity contribution in [3.05, 3.63) is 53.6 Å². The van der Waals surface area contributed by atoms with E-state index >= 15 is 0 Å². The van der Waals surface area contributed by atoms with E-state index in [0.717, 1.165) is 18.2 Å². The van der Waals surface area contributed by atoms with Gasteiger partial charge < -0.3 is 0 Å². The van der Waals surface area contributed by atoms with E-state index in [9.17, 15) is 12.8 Å². The Morgan fingerprint density at radius 3 is 2.80 bits per heavy atom. The summed E-state index contributed by atoms with van der Waals surface area (Å²) in [5, 5.41) is 16.0. The van der Waals surface area contributed by atoms with Gasteiger partial charge in [0.2, 0.25) is 10.0 Å². The summed E-state index contributed by atoms with van der Waals surface area (Å²) in [5.74, 6) is -0.764. The van der Waals surface area contributed by atoms with Crippen molar-refractivity contribution in [3.63, 3.8) is 0 Å². The molecule has 0 bridgehead atoms. The number of hydrogen-bond donors (Lipinski definition) is 1. The molecule has 1 aromatic carbocycles. The Kier molecular flexibility index (Phi) is 4.02. The fraction of sp³-hybridized carbons (Fsp3) is 0.0833. The molecule has 0 amide bonds. The average Bonchev–Trinajstić information content (AvgIpc) is 2.46. The minimum absolute atomic E-state index is 0.0462. The van der Waals surface area contributed by atoms with Crippen LogP contribution in [0.15, 0.2) is 41.4 Å². The third-order valence-electron chi connectivity index (χ3n) is 2.44. The van der Waals surface area contributed by atoms with Crippen LogP contribution in [0.2, 0.25) is 0 Å². The number of rotatable bonds is 4. The first-order chi connectivity index (χ1) is 9.53. The highest BCUT2D eigenvalue weighted by molar-refractivity contribution is 7.89. The second kappa shape index (κ2) is 5.73. The molecule has 0 fully saturated rings. The van der Waals surface area contributed by atoms with Gasteiger partial charge in [-0.1, -0.05) is 0 Å². The summed E-state index contributed by atoms with van der Waals surface area (Å²) in [4.78, 5) is -0.181. The Bertz CT molecular complexity index is 757. The second-order valence-electron chi connectivity index (χ2n) is 3.79. The molecule has 2 rings (SSSR count). The van der Waals surface area contributed by atoms with Crippen LogP contribution in [0.3, 0.4) is 0 Å². The van der Waals surface area contributed by atoms with Crippen LogP contribution in [0.25, 0.3) is 0 Å². The van der Waals surface area contributed by atoms with E-state index in [1.54, 1.807) is 18.2 Å². The molecule has 0 aliphatic heterocycles. The summed E-state index contributed by atoms with van der Waals surface area (Å²) in [6.45, 7) is -0.0462. The first-order valence-electron chi connectivity index (χ1n) is 5.49. The van der Waals surface area contributed by atoms with Crippen LogP contribution < -0.4 is 4.72 Å². The first-order valence-corrected chi connectivity index (χ1v) is 6.97. The molecule has 8 heteroatoms. The highest BCUT2D eigenvalue weighted by Crippen LogP contribution is 2.14. The van der Waals surface area contributed by atoms with Gasteiger partial charge in [0, 0.05) is 6.20 Å². The number of benzene rings is 1. The average molecular weight is 292 g/mol. The molecular formula is C12H9FN4O2S. The highest BCUT2D eigenvalue weighted by atomic mass is 32.2. The first kappa shape index (κ1) is 14.0. The molecule has 0 aliphatic rings. The van der Waals surface area contributed by atoms with E-state index in [0.29, 0.717) is 5.69 Å². The zero-order valence-electron chi connectivity index (χ0n) is 10.1. The zero-order valence-corrected chi connectivity index (χ0v) is 10.9. The SMILES string of the molecule is N#Cc1cc(S(=O)(=O)NCc2cccnn2)ccc1F. The Morgan fingerprint density at radius 1 is 1.35 bits per heavy atom. The summed E-state index contributed by atoms with van der Waals surface area (Å²) >= 11 is 0.